The third kappa shape index (κ3) is 3.52. The SMILES string of the molecule is CC1CC(C(=O)NCCC(=O)N2CCOCC2)(C(N)=S)C1. The van der Waals surface area contributed by atoms with Gasteiger partial charge in [0.15, 0.2) is 0 Å². The molecule has 0 aromatic rings. The Morgan fingerprint density at radius 2 is 2.00 bits per heavy atom. The Bertz CT molecular complexity index is 429. The van der Waals surface area contributed by atoms with Crippen LogP contribution in [-0.4, -0.2) is 54.6 Å². The van der Waals surface area contributed by atoms with Gasteiger partial charge in [-0.3, -0.25) is 9.59 Å². The minimum Gasteiger partial charge on any atom is -0.392 e. The second kappa shape index (κ2) is 6.70. The van der Waals surface area contributed by atoms with E-state index in [0.29, 0.717) is 58.0 Å². The first-order chi connectivity index (χ1) is 9.95. The van der Waals surface area contributed by atoms with E-state index in [1.54, 1.807) is 4.90 Å². The molecule has 1 saturated heterocycles. The summed E-state index contributed by atoms with van der Waals surface area (Å²) in [5.41, 5.74) is 5.03. The fraction of sp³-hybridized carbons (Fsp3) is 0.786. The molecular weight excluding hydrogens is 290 g/mol. The molecule has 1 saturated carbocycles. The van der Waals surface area contributed by atoms with Crippen molar-refractivity contribution in [1.29, 1.82) is 0 Å². The molecule has 2 amide bonds. The van der Waals surface area contributed by atoms with E-state index in [9.17, 15) is 9.59 Å². The monoisotopic (exact) mass is 313 g/mol. The zero-order valence-corrected chi connectivity index (χ0v) is 13.2. The van der Waals surface area contributed by atoms with Crippen molar-refractivity contribution >= 4 is 29.0 Å². The summed E-state index contributed by atoms with van der Waals surface area (Å²) >= 11 is 5.04. The highest BCUT2D eigenvalue weighted by Crippen LogP contribution is 2.45. The van der Waals surface area contributed by atoms with E-state index in [-0.39, 0.29) is 16.8 Å². The first kappa shape index (κ1) is 16.2. The Labute approximate surface area is 130 Å². The summed E-state index contributed by atoms with van der Waals surface area (Å²) in [5.74, 6) is 0.375. The zero-order valence-electron chi connectivity index (χ0n) is 12.4. The molecule has 1 aliphatic carbocycles. The molecule has 118 valence electrons. The number of hydrogen-bond acceptors (Lipinski definition) is 4. The molecule has 2 fully saturated rings. The van der Waals surface area contributed by atoms with Gasteiger partial charge in [0.25, 0.3) is 0 Å². The number of carbonyl (C=O) groups excluding carboxylic acids is 2. The van der Waals surface area contributed by atoms with E-state index in [0.717, 1.165) is 0 Å². The van der Waals surface area contributed by atoms with E-state index in [1.807, 2.05) is 0 Å². The molecule has 1 aliphatic heterocycles. The number of rotatable bonds is 5. The maximum atomic E-state index is 12.3. The van der Waals surface area contributed by atoms with Gasteiger partial charge < -0.3 is 20.7 Å². The van der Waals surface area contributed by atoms with Crippen LogP contribution in [0.5, 0.6) is 0 Å². The first-order valence-electron chi connectivity index (χ1n) is 7.39. The first-order valence-corrected chi connectivity index (χ1v) is 7.80. The van der Waals surface area contributed by atoms with Crippen molar-refractivity contribution in [3.8, 4) is 0 Å². The standard InChI is InChI=1S/C14H23N3O3S/c1-10-8-14(9-10,12(15)21)13(19)16-3-2-11(18)17-4-6-20-7-5-17/h10H,2-9H2,1H3,(H2,15,21)(H,16,19). The van der Waals surface area contributed by atoms with Crippen LogP contribution >= 0.6 is 12.2 Å². The lowest BCUT2D eigenvalue weighted by molar-refractivity contribution is -0.136. The Balaban J connectivity index is 1.76. The van der Waals surface area contributed by atoms with E-state index in [4.69, 9.17) is 22.7 Å². The number of thiocarbonyl (C=S) groups is 1. The topological polar surface area (TPSA) is 84.7 Å². The number of nitrogens with one attached hydrogen (secondary N) is 1. The molecule has 2 rings (SSSR count). The summed E-state index contributed by atoms with van der Waals surface area (Å²) in [4.78, 5) is 26.3. The van der Waals surface area contributed by atoms with E-state index in [2.05, 4.69) is 12.2 Å². The number of nitrogens with two attached hydrogens (primary N) is 1. The van der Waals surface area contributed by atoms with Crippen molar-refractivity contribution in [2.24, 2.45) is 17.1 Å². The molecule has 0 atom stereocenters. The van der Waals surface area contributed by atoms with Gasteiger partial charge in [-0.2, -0.15) is 0 Å². The molecule has 0 aromatic carbocycles. The summed E-state index contributed by atoms with van der Waals surface area (Å²) in [6.07, 6.45) is 1.70. The van der Waals surface area contributed by atoms with Gasteiger partial charge in [0.2, 0.25) is 11.8 Å². The van der Waals surface area contributed by atoms with Crippen molar-refractivity contribution in [3.05, 3.63) is 0 Å². The van der Waals surface area contributed by atoms with Gasteiger partial charge in [0.1, 0.15) is 0 Å². The van der Waals surface area contributed by atoms with Crippen molar-refractivity contribution in [2.75, 3.05) is 32.8 Å². The molecule has 21 heavy (non-hydrogen) atoms. The molecular formula is C14H23N3O3S. The van der Waals surface area contributed by atoms with Crippen molar-refractivity contribution in [3.63, 3.8) is 0 Å². The molecule has 7 heteroatoms. The highest BCUT2D eigenvalue weighted by atomic mass is 32.1. The average molecular weight is 313 g/mol. The second-order valence-electron chi connectivity index (χ2n) is 5.96. The summed E-state index contributed by atoms with van der Waals surface area (Å²) in [7, 11) is 0. The molecule has 0 radical (unpaired) electrons. The largest absolute Gasteiger partial charge is 0.392 e. The van der Waals surface area contributed by atoms with Gasteiger partial charge in [-0.1, -0.05) is 19.1 Å². The van der Waals surface area contributed by atoms with Gasteiger partial charge in [0, 0.05) is 26.1 Å². The van der Waals surface area contributed by atoms with Gasteiger partial charge in [0.05, 0.1) is 23.6 Å². The van der Waals surface area contributed by atoms with E-state index < -0.39 is 5.41 Å². The highest BCUT2D eigenvalue weighted by molar-refractivity contribution is 7.80. The fourth-order valence-electron chi connectivity index (χ4n) is 3.05. The van der Waals surface area contributed by atoms with Crippen LogP contribution < -0.4 is 11.1 Å². The third-order valence-corrected chi connectivity index (χ3v) is 4.68. The summed E-state index contributed by atoms with van der Waals surface area (Å²) in [5, 5.41) is 2.81. The molecule has 0 spiro atoms. The van der Waals surface area contributed by atoms with Gasteiger partial charge in [-0.05, 0) is 18.8 Å². The minimum atomic E-state index is -0.698. The maximum Gasteiger partial charge on any atom is 0.233 e. The molecule has 2 aliphatic rings. The fourth-order valence-corrected chi connectivity index (χ4v) is 3.31. The molecule has 0 aromatic heterocycles. The van der Waals surface area contributed by atoms with Crippen LogP contribution in [0, 0.1) is 11.3 Å². The van der Waals surface area contributed by atoms with Crippen LogP contribution in [0.1, 0.15) is 26.2 Å². The lowest BCUT2D eigenvalue weighted by Gasteiger charge is -2.44. The number of amides is 2. The van der Waals surface area contributed by atoms with Crippen molar-refractivity contribution < 1.29 is 14.3 Å². The van der Waals surface area contributed by atoms with Gasteiger partial charge in [-0.25, -0.2) is 0 Å². The Hall–Kier alpha value is -1.21. The van der Waals surface area contributed by atoms with Crippen LogP contribution in [0.3, 0.4) is 0 Å². The normalized spacial score (nSPS) is 28.6. The predicted octanol–water partition coefficient (Wildman–Crippen LogP) is 0.0539. The lowest BCUT2D eigenvalue weighted by Crippen LogP contribution is -2.56. The third-order valence-electron chi connectivity index (χ3n) is 4.29. The maximum absolute atomic E-state index is 12.3. The van der Waals surface area contributed by atoms with Crippen LogP contribution in [0.2, 0.25) is 0 Å². The summed E-state index contributed by atoms with van der Waals surface area (Å²) in [6.45, 7) is 4.82. The van der Waals surface area contributed by atoms with Crippen LogP contribution in [0.25, 0.3) is 0 Å². The summed E-state index contributed by atoms with van der Waals surface area (Å²) in [6, 6.07) is 0. The number of morpholine rings is 1. The number of ether oxygens (including phenoxy) is 1. The van der Waals surface area contributed by atoms with Crippen LogP contribution in [-0.2, 0) is 14.3 Å². The smallest absolute Gasteiger partial charge is 0.233 e. The minimum absolute atomic E-state index is 0.0463. The molecule has 6 nitrogen and oxygen atoms in total. The molecule has 0 bridgehead atoms. The Morgan fingerprint density at radius 3 is 2.52 bits per heavy atom. The number of hydrogen-bond donors (Lipinski definition) is 2. The van der Waals surface area contributed by atoms with Crippen molar-refractivity contribution in [1.82, 2.24) is 10.2 Å². The molecule has 0 unspecified atom stereocenters. The summed E-state index contributed by atoms with van der Waals surface area (Å²) < 4.78 is 5.20. The second-order valence-corrected chi connectivity index (χ2v) is 6.40. The average Bonchev–Trinajstić information content (AvgIpc) is 2.43. The molecule has 3 N–H and O–H groups in total. The Kier molecular flexibility index (Phi) is 5.16. The number of nitrogens with zero attached hydrogens (tertiary/aromatic N) is 1. The highest BCUT2D eigenvalue weighted by Gasteiger charge is 2.50. The lowest BCUT2D eigenvalue weighted by atomic mass is 9.62. The Morgan fingerprint density at radius 1 is 1.38 bits per heavy atom. The predicted molar refractivity (Wildman–Crippen MR) is 82.6 cm³/mol. The van der Waals surface area contributed by atoms with Crippen LogP contribution in [0.4, 0.5) is 0 Å². The molecule has 1 heterocycles. The zero-order chi connectivity index (χ0) is 15.5. The van der Waals surface area contributed by atoms with Gasteiger partial charge in [-0.15, -0.1) is 0 Å². The van der Waals surface area contributed by atoms with E-state index in [1.165, 1.54) is 0 Å². The quantitative estimate of drug-likeness (QED) is 0.701. The number of carbonyl (C=O) groups is 2. The van der Waals surface area contributed by atoms with Gasteiger partial charge >= 0.3 is 0 Å². The van der Waals surface area contributed by atoms with E-state index >= 15 is 0 Å². The van der Waals surface area contributed by atoms with Crippen LogP contribution in [0.15, 0.2) is 0 Å². The van der Waals surface area contributed by atoms with Crippen molar-refractivity contribution in [2.45, 2.75) is 26.2 Å².